The van der Waals surface area contributed by atoms with Gasteiger partial charge < -0.3 is 30.1 Å². The van der Waals surface area contributed by atoms with Gasteiger partial charge in [-0.1, -0.05) is 12.1 Å². The van der Waals surface area contributed by atoms with E-state index in [2.05, 4.69) is 23.3 Å². The summed E-state index contributed by atoms with van der Waals surface area (Å²) in [5.74, 6) is -0.467. The molecule has 0 radical (unpaired) electrons. The van der Waals surface area contributed by atoms with Gasteiger partial charge in [0.2, 0.25) is 5.91 Å². The van der Waals surface area contributed by atoms with Crippen molar-refractivity contribution in [3.8, 4) is 11.5 Å². The van der Waals surface area contributed by atoms with Crippen LogP contribution >= 0.6 is 12.6 Å². The first-order valence-corrected chi connectivity index (χ1v) is 12.2. The van der Waals surface area contributed by atoms with Crippen LogP contribution in [0.25, 0.3) is 0 Å². The number of amides is 3. The fourth-order valence-corrected chi connectivity index (χ4v) is 3.76. The summed E-state index contributed by atoms with van der Waals surface area (Å²) in [4.78, 5) is 41.0. The highest BCUT2D eigenvalue weighted by atomic mass is 32.1. The largest absolute Gasteiger partial charge is 0.508 e. The smallest absolute Gasteiger partial charge is 0.408 e. The Morgan fingerprint density at radius 1 is 1.08 bits per heavy atom. The second-order valence-electron chi connectivity index (χ2n) is 9.44. The molecule has 0 spiro atoms. The molecule has 0 aliphatic rings. The summed E-state index contributed by atoms with van der Waals surface area (Å²) in [7, 11) is 1.54. The molecule has 0 aliphatic heterocycles. The maximum Gasteiger partial charge on any atom is 0.408 e. The zero-order valence-corrected chi connectivity index (χ0v) is 22.3. The van der Waals surface area contributed by atoms with Crippen molar-refractivity contribution in [2.75, 3.05) is 18.2 Å². The van der Waals surface area contributed by atoms with E-state index in [1.54, 1.807) is 78.1 Å². The maximum atomic E-state index is 13.7. The van der Waals surface area contributed by atoms with Gasteiger partial charge in [-0.05, 0) is 76.6 Å². The van der Waals surface area contributed by atoms with Crippen LogP contribution in [-0.4, -0.2) is 58.5 Å². The van der Waals surface area contributed by atoms with Crippen molar-refractivity contribution < 1.29 is 29.0 Å². The number of phenolic OH excluding ortho intramolecular Hbond substituents is 1. The van der Waals surface area contributed by atoms with E-state index in [0.29, 0.717) is 17.0 Å². The SMILES string of the molecule is COc1ccc(NC(=O)C(c2cccc(O)c2)N(C(=O)C(CS)NC(=O)OC(C)(C)C)C(C)C)cc1. The van der Waals surface area contributed by atoms with Crippen LogP contribution in [0.15, 0.2) is 48.5 Å². The number of carbonyl (C=O) groups is 3. The van der Waals surface area contributed by atoms with Crippen molar-refractivity contribution in [1.82, 2.24) is 10.2 Å². The van der Waals surface area contributed by atoms with Crippen LogP contribution in [0.1, 0.15) is 46.2 Å². The van der Waals surface area contributed by atoms with E-state index in [-0.39, 0.29) is 11.5 Å². The third kappa shape index (κ3) is 8.08. The highest BCUT2D eigenvalue weighted by molar-refractivity contribution is 7.80. The molecule has 0 saturated heterocycles. The molecule has 2 aromatic rings. The Labute approximate surface area is 217 Å². The van der Waals surface area contributed by atoms with Gasteiger partial charge >= 0.3 is 6.09 Å². The van der Waals surface area contributed by atoms with Crippen molar-refractivity contribution in [2.45, 2.75) is 58.3 Å². The molecule has 3 N–H and O–H groups in total. The Morgan fingerprint density at radius 2 is 1.72 bits per heavy atom. The first-order valence-electron chi connectivity index (χ1n) is 11.5. The molecule has 2 unspecified atom stereocenters. The lowest BCUT2D eigenvalue weighted by atomic mass is 10.0. The van der Waals surface area contributed by atoms with Crippen molar-refractivity contribution in [3.63, 3.8) is 0 Å². The summed E-state index contributed by atoms with van der Waals surface area (Å²) in [6.45, 7) is 8.67. The molecular weight excluding hydrogens is 482 g/mol. The first-order chi connectivity index (χ1) is 16.9. The Kier molecular flexibility index (Phi) is 10.0. The molecule has 0 bridgehead atoms. The third-order valence-corrected chi connectivity index (χ3v) is 5.42. The number of ether oxygens (including phenoxy) is 2. The number of benzene rings is 2. The number of aromatic hydroxyl groups is 1. The molecule has 36 heavy (non-hydrogen) atoms. The number of hydrogen-bond acceptors (Lipinski definition) is 7. The van der Waals surface area contributed by atoms with Gasteiger partial charge in [-0.15, -0.1) is 0 Å². The second kappa shape index (κ2) is 12.5. The standard InChI is InChI=1S/C26H35N3O6S/c1-16(2)29(24(32)21(15-36)28-25(33)35-26(3,4)5)22(17-8-7-9-19(30)14-17)23(31)27-18-10-12-20(34-6)13-11-18/h7-14,16,21-22,30,36H,15H2,1-6H3,(H,27,31)(H,28,33). The van der Waals surface area contributed by atoms with Gasteiger partial charge in [0, 0.05) is 17.5 Å². The third-order valence-electron chi connectivity index (χ3n) is 5.05. The molecule has 2 aromatic carbocycles. The van der Waals surface area contributed by atoms with Gasteiger partial charge in [0.15, 0.2) is 0 Å². The van der Waals surface area contributed by atoms with E-state index in [1.165, 1.54) is 17.0 Å². The average molecular weight is 518 g/mol. The van der Waals surface area contributed by atoms with E-state index in [4.69, 9.17) is 9.47 Å². The lowest BCUT2D eigenvalue weighted by molar-refractivity contribution is -0.142. The first kappa shape index (κ1) is 28.8. The van der Waals surface area contributed by atoms with Crippen molar-refractivity contribution in [3.05, 3.63) is 54.1 Å². The number of rotatable bonds is 9. The van der Waals surface area contributed by atoms with E-state index >= 15 is 0 Å². The Morgan fingerprint density at radius 3 is 2.22 bits per heavy atom. The predicted octanol–water partition coefficient (Wildman–Crippen LogP) is 4.14. The molecule has 2 atom stereocenters. The number of hydrogen-bond donors (Lipinski definition) is 4. The molecular formula is C26H35N3O6S. The van der Waals surface area contributed by atoms with Gasteiger partial charge in [0.1, 0.15) is 29.2 Å². The summed E-state index contributed by atoms with van der Waals surface area (Å²) < 4.78 is 10.4. The fourth-order valence-electron chi connectivity index (χ4n) is 3.51. The zero-order chi connectivity index (χ0) is 27.0. The Balaban J connectivity index is 2.44. The number of alkyl carbamates (subject to hydrolysis) is 1. The average Bonchev–Trinajstić information content (AvgIpc) is 2.79. The van der Waals surface area contributed by atoms with Crippen molar-refractivity contribution in [1.29, 1.82) is 0 Å². The van der Waals surface area contributed by atoms with Crippen LogP contribution in [0.4, 0.5) is 10.5 Å². The number of nitrogens with one attached hydrogen (secondary N) is 2. The number of carbonyl (C=O) groups excluding carboxylic acids is 3. The normalized spacial score (nSPS) is 12.9. The molecule has 0 saturated carbocycles. The zero-order valence-electron chi connectivity index (χ0n) is 21.4. The van der Waals surface area contributed by atoms with Crippen LogP contribution in [0.5, 0.6) is 11.5 Å². The van der Waals surface area contributed by atoms with Gasteiger partial charge in [0.05, 0.1) is 7.11 Å². The van der Waals surface area contributed by atoms with Gasteiger partial charge in [-0.3, -0.25) is 9.59 Å². The predicted molar refractivity (Wildman–Crippen MR) is 141 cm³/mol. The molecule has 2 rings (SSSR count). The molecule has 9 nitrogen and oxygen atoms in total. The van der Waals surface area contributed by atoms with E-state index < -0.39 is 41.6 Å². The van der Waals surface area contributed by atoms with Crippen molar-refractivity contribution in [2.24, 2.45) is 0 Å². The maximum absolute atomic E-state index is 13.7. The molecule has 0 aliphatic carbocycles. The number of methoxy groups -OCH3 is 1. The summed E-state index contributed by atoms with van der Waals surface area (Å²) in [5, 5.41) is 15.5. The van der Waals surface area contributed by atoms with E-state index in [1.807, 2.05) is 0 Å². The minimum Gasteiger partial charge on any atom is -0.508 e. The Hall–Kier alpha value is -3.40. The lowest BCUT2D eigenvalue weighted by Crippen LogP contribution is -2.55. The van der Waals surface area contributed by atoms with Gasteiger partial charge in [-0.2, -0.15) is 12.6 Å². The molecule has 196 valence electrons. The van der Waals surface area contributed by atoms with Gasteiger partial charge in [0.25, 0.3) is 5.91 Å². The highest BCUT2D eigenvalue weighted by Crippen LogP contribution is 2.29. The Bertz CT molecular complexity index is 1050. The van der Waals surface area contributed by atoms with Crippen LogP contribution in [0, 0.1) is 0 Å². The second-order valence-corrected chi connectivity index (χ2v) is 9.80. The lowest BCUT2D eigenvalue weighted by Gasteiger charge is -2.37. The van der Waals surface area contributed by atoms with Crippen LogP contribution in [0.3, 0.4) is 0 Å². The highest BCUT2D eigenvalue weighted by Gasteiger charge is 2.37. The number of nitrogens with zero attached hydrogens (tertiary/aromatic N) is 1. The molecule has 0 aromatic heterocycles. The van der Waals surface area contributed by atoms with E-state index in [0.717, 1.165) is 0 Å². The molecule has 3 amide bonds. The number of phenols is 1. The summed E-state index contributed by atoms with van der Waals surface area (Å²) in [6, 6.07) is 10.3. The van der Waals surface area contributed by atoms with E-state index in [9.17, 15) is 19.5 Å². The number of thiol groups is 1. The monoisotopic (exact) mass is 517 g/mol. The minimum atomic E-state index is -1.12. The molecule has 0 fully saturated rings. The van der Waals surface area contributed by atoms with Crippen LogP contribution < -0.4 is 15.4 Å². The van der Waals surface area contributed by atoms with Crippen LogP contribution in [0.2, 0.25) is 0 Å². The topological polar surface area (TPSA) is 117 Å². The van der Waals surface area contributed by atoms with Crippen LogP contribution in [-0.2, 0) is 14.3 Å². The molecule has 10 heteroatoms. The quantitative estimate of drug-likeness (QED) is 0.372. The minimum absolute atomic E-state index is 0.0197. The van der Waals surface area contributed by atoms with Gasteiger partial charge in [-0.25, -0.2) is 4.79 Å². The fraction of sp³-hybridized carbons (Fsp3) is 0.423. The number of anilines is 1. The summed E-state index contributed by atoms with van der Waals surface area (Å²) in [5.41, 5.74) is 0.145. The summed E-state index contributed by atoms with van der Waals surface area (Å²) in [6.07, 6.45) is -0.768. The summed E-state index contributed by atoms with van der Waals surface area (Å²) >= 11 is 4.26. The molecule has 0 heterocycles. The van der Waals surface area contributed by atoms with Crippen molar-refractivity contribution >= 4 is 36.2 Å².